The van der Waals surface area contributed by atoms with Crippen molar-refractivity contribution in [3.63, 3.8) is 0 Å². The summed E-state index contributed by atoms with van der Waals surface area (Å²) in [5.41, 5.74) is 7.72. The van der Waals surface area contributed by atoms with Crippen LogP contribution in [-0.4, -0.2) is 15.6 Å². The average molecular weight is 272 g/mol. The number of aromatic hydroxyl groups is 1. The summed E-state index contributed by atoms with van der Waals surface area (Å²) in [6.45, 7) is 5.42. The standard InChI is InChI=1S/C15H16N2O3/c1-8-4-5-11(6-9(8)2)17-12(18)7-10(3)13(14(16)19)15(17)20/h4-7,20H,1-3H3,(H2,16,19). The van der Waals surface area contributed by atoms with Crippen molar-refractivity contribution in [3.8, 4) is 11.6 Å². The lowest BCUT2D eigenvalue weighted by atomic mass is 10.1. The Labute approximate surface area is 116 Å². The normalized spacial score (nSPS) is 10.6. The number of benzene rings is 1. The van der Waals surface area contributed by atoms with Gasteiger partial charge in [-0.2, -0.15) is 0 Å². The molecular weight excluding hydrogens is 256 g/mol. The molecule has 2 aromatic rings. The van der Waals surface area contributed by atoms with Gasteiger partial charge >= 0.3 is 0 Å². The molecule has 0 bridgehead atoms. The fourth-order valence-electron chi connectivity index (χ4n) is 2.13. The number of aromatic nitrogens is 1. The van der Waals surface area contributed by atoms with E-state index in [1.807, 2.05) is 19.9 Å². The summed E-state index contributed by atoms with van der Waals surface area (Å²) in [4.78, 5) is 23.5. The van der Waals surface area contributed by atoms with Gasteiger partial charge in [0.05, 0.1) is 5.69 Å². The summed E-state index contributed by atoms with van der Waals surface area (Å²) in [7, 11) is 0. The number of hydrogen-bond acceptors (Lipinski definition) is 3. The van der Waals surface area contributed by atoms with Crippen molar-refractivity contribution >= 4 is 5.91 Å². The number of amides is 1. The summed E-state index contributed by atoms with van der Waals surface area (Å²) >= 11 is 0. The van der Waals surface area contributed by atoms with Gasteiger partial charge < -0.3 is 10.8 Å². The summed E-state index contributed by atoms with van der Waals surface area (Å²) in [6.07, 6.45) is 0. The van der Waals surface area contributed by atoms with Gasteiger partial charge in [0.1, 0.15) is 5.56 Å². The molecule has 0 radical (unpaired) electrons. The molecule has 1 amide bonds. The Morgan fingerprint density at radius 2 is 1.75 bits per heavy atom. The van der Waals surface area contributed by atoms with Crippen molar-refractivity contribution in [2.75, 3.05) is 0 Å². The molecule has 2 rings (SSSR count). The highest BCUT2D eigenvalue weighted by Crippen LogP contribution is 2.23. The molecule has 0 fully saturated rings. The third kappa shape index (κ3) is 2.18. The molecule has 0 atom stereocenters. The Bertz CT molecular complexity index is 760. The van der Waals surface area contributed by atoms with E-state index < -0.39 is 17.3 Å². The van der Waals surface area contributed by atoms with Gasteiger partial charge in [0.2, 0.25) is 5.88 Å². The fraction of sp³-hybridized carbons (Fsp3) is 0.200. The predicted octanol–water partition coefficient (Wildman–Crippen LogP) is 1.57. The average Bonchev–Trinajstić information content (AvgIpc) is 2.32. The zero-order chi connectivity index (χ0) is 15.0. The van der Waals surface area contributed by atoms with Crippen LogP contribution in [0, 0.1) is 20.8 Å². The van der Waals surface area contributed by atoms with E-state index in [1.165, 1.54) is 6.07 Å². The SMILES string of the molecule is Cc1ccc(-n2c(O)c(C(N)=O)c(C)cc2=O)cc1C. The molecule has 5 nitrogen and oxygen atoms in total. The van der Waals surface area contributed by atoms with E-state index in [1.54, 1.807) is 19.1 Å². The highest BCUT2D eigenvalue weighted by Gasteiger charge is 2.18. The third-order valence-corrected chi connectivity index (χ3v) is 3.39. The highest BCUT2D eigenvalue weighted by molar-refractivity contribution is 5.96. The monoisotopic (exact) mass is 272 g/mol. The van der Waals surface area contributed by atoms with Crippen LogP contribution in [0.15, 0.2) is 29.1 Å². The number of carbonyl (C=O) groups excluding carboxylic acids is 1. The van der Waals surface area contributed by atoms with E-state index >= 15 is 0 Å². The summed E-state index contributed by atoms with van der Waals surface area (Å²) < 4.78 is 1.08. The van der Waals surface area contributed by atoms with Gasteiger partial charge in [-0.3, -0.25) is 9.59 Å². The molecule has 5 heteroatoms. The zero-order valence-electron chi connectivity index (χ0n) is 11.6. The first-order valence-electron chi connectivity index (χ1n) is 6.16. The number of rotatable bonds is 2. The largest absolute Gasteiger partial charge is 0.494 e. The molecule has 0 unspecified atom stereocenters. The molecule has 3 N–H and O–H groups in total. The van der Waals surface area contributed by atoms with Gasteiger partial charge in [-0.15, -0.1) is 0 Å². The smallest absolute Gasteiger partial charge is 0.258 e. The van der Waals surface area contributed by atoms with Crippen molar-refractivity contribution in [3.05, 3.63) is 56.9 Å². The topological polar surface area (TPSA) is 85.3 Å². The minimum absolute atomic E-state index is 0.0390. The van der Waals surface area contributed by atoms with E-state index in [4.69, 9.17) is 5.73 Å². The number of nitrogens with zero attached hydrogens (tertiary/aromatic N) is 1. The highest BCUT2D eigenvalue weighted by atomic mass is 16.3. The van der Waals surface area contributed by atoms with Crippen LogP contribution in [0.2, 0.25) is 0 Å². The van der Waals surface area contributed by atoms with Crippen molar-refractivity contribution < 1.29 is 9.90 Å². The summed E-state index contributed by atoms with van der Waals surface area (Å²) in [5, 5.41) is 10.2. The molecule has 0 aliphatic rings. The van der Waals surface area contributed by atoms with Gasteiger partial charge in [0, 0.05) is 6.07 Å². The molecule has 0 aliphatic carbocycles. The fourth-order valence-corrected chi connectivity index (χ4v) is 2.13. The third-order valence-electron chi connectivity index (χ3n) is 3.39. The van der Waals surface area contributed by atoms with Gasteiger partial charge in [-0.05, 0) is 49.6 Å². The number of primary amides is 1. The number of nitrogens with two attached hydrogens (primary N) is 1. The lowest BCUT2D eigenvalue weighted by molar-refractivity contribution is 0.0996. The maximum absolute atomic E-state index is 12.1. The van der Waals surface area contributed by atoms with Crippen molar-refractivity contribution in [2.24, 2.45) is 5.73 Å². The van der Waals surface area contributed by atoms with Gasteiger partial charge in [-0.25, -0.2) is 4.57 Å². The first-order chi connectivity index (χ1) is 9.32. The van der Waals surface area contributed by atoms with Crippen LogP contribution in [-0.2, 0) is 0 Å². The lowest BCUT2D eigenvalue weighted by Crippen LogP contribution is -2.23. The number of hydrogen-bond donors (Lipinski definition) is 2. The molecule has 0 aliphatic heterocycles. The van der Waals surface area contributed by atoms with Crippen molar-refractivity contribution in [1.29, 1.82) is 0 Å². The van der Waals surface area contributed by atoms with E-state index in [9.17, 15) is 14.7 Å². The molecular formula is C15H16N2O3. The first kappa shape index (κ1) is 13.9. The molecule has 0 saturated carbocycles. The van der Waals surface area contributed by atoms with Crippen LogP contribution in [0.3, 0.4) is 0 Å². The van der Waals surface area contributed by atoms with E-state index in [2.05, 4.69) is 0 Å². The molecule has 20 heavy (non-hydrogen) atoms. The van der Waals surface area contributed by atoms with Crippen LogP contribution >= 0.6 is 0 Å². The maximum atomic E-state index is 12.1. The number of carbonyl (C=O) groups is 1. The molecule has 1 aromatic heterocycles. The van der Waals surface area contributed by atoms with Gasteiger partial charge in [0.15, 0.2) is 0 Å². The zero-order valence-corrected chi connectivity index (χ0v) is 11.6. The molecule has 1 aromatic carbocycles. The molecule has 0 saturated heterocycles. The van der Waals surface area contributed by atoms with Crippen molar-refractivity contribution in [1.82, 2.24) is 4.57 Å². The van der Waals surface area contributed by atoms with Crippen LogP contribution in [0.25, 0.3) is 5.69 Å². The van der Waals surface area contributed by atoms with Crippen LogP contribution < -0.4 is 11.3 Å². The molecule has 0 spiro atoms. The Morgan fingerprint density at radius 1 is 1.10 bits per heavy atom. The number of aryl methyl sites for hydroxylation is 3. The Morgan fingerprint density at radius 3 is 2.30 bits per heavy atom. The summed E-state index contributed by atoms with van der Waals surface area (Å²) in [5.74, 6) is -1.19. The Kier molecular flexibility index (Phi) is 3.36. The predicted molar refractivity (Wildman–Crippen MR) is 76.4 cm³/mol. The first-order valence-corrected chi connectivity index (χ1v) is 6.16. The summed E-state index contributed by atoms with van der Waals surface area (Å²) in [6, 6.07) is 6.62. The van der Waals surface area contributed by atoms with Crippen molar-refractivity contribution in [2.45, 2.75) is 20.8 Å². The van der Waals surface area contributed by atoms with E-state index in [0.29, 0.717) is 11.3 Å². The lowest BCUT2D eigenvalue weighted by Gasteiger charge is -2.13. The van der Waals surface area contributed by atoms with E-state index in [0.717, 1.165) is 15.7 Å². The molecule has 104 valence electrons. The molecule has 1 heterocycles. The minimum atomic E-state index is -0.766. The van der Waals surface area contributed by atoms with Crippen LogP contribution in [0.1, 0.15) is 27.0 Å². The van der Waals surface area contributed by atoms with Crippen LogP contribution in [0.4, 0.5) is 0 Å². The number of pyridine rings is 1. The Balaban J connectivity index is 2.80. The minimum Gasteiger partial charge on any atom is -0.494 e. The quantitative estimate of drug-likeness (QED) is 0.870. The second-order valence-electron chi connectivity index (χ2n) is 4.83. The second-order valence-corrected chi connectivity index (χ2v) is 4.83. The maximum Gasteiger partial charge on any atom is 0.258 e. The van der Waals surface area contributed by atoms with Crippen LogP contribution in [0.5, 0.6) is 5.88 Å². The van der Waals surface area contributed by atoms with Gasteiger partial charge in [0.25, 0.3) is 11.5 Å². The second kappa shape index (κ2) is 4.85. The Hall–Kier alpha value is -2.56. The van der Waals surface area contributed by atoms with E-state index in [-0.39, 0.29) is 5.56 Å². The van der Waals surface area contributed by atoms with Gasteiger partial charge in [-0.1, -0.05) is 6.07 Å².